The first-order chi connectivity index (χ1) is 60.7. The molecule has 14 rings (SSSR count). The summed E-state index contributed by atoms with van der Waals surface area (Å²) in [5.74, 6) is -1.81. The molecular formula is C92H126F12N20O4. The van der Waals surface area contributed by atoms with Crippen molar-refractivity contribution >= 4 is 69.7 Å². The van der Waals surface area contributed by atoms with Gasteiger partial charge in [0.05, 0.1) is 56.6 Å². The van der Waals surface area contributed by atoms with Gasteiger partial charge in [-0.05, 0) is 183 Å². The Morgan fingerprint density at radius 1 is 0.414 bits per heavy atom. The number of benzene rings is 3. The smallest absolute Gasteiger partial charge is 0.383 e. The highest BCUT2D eigenvalue weighted by Gasteiger charge is 2.43. The van der Waals surface area contributed by atoms with Gasteiger partial charge in [-0.15, -0.1) is 0 Å². The molecular weight excluding hydrogens is 1680 g/mol. The second-order valence-corrected chi connectivity index (χ2v) is 32.3. The Hall–Kier alpha value is -13.1. The number of pyridine rings is 8. The second kappa shape index (κ2) is 41.6. The maximum Gasteiger partial charge on any atom is 0.418 e. The van der Waals surface area contributed by atoms with Crippen molar-refractivity contribution in [3.8, 4) is 0 Å². The molecule has 1 saturated carbocycles. The monoisotopic (exact) mass is 1800 g/mol. The van der Waals surface area contributed by atoms with E-state index in [1.807, 2.05) is 108 Å². The lowest BCUT2D eigenvalue weighted by molar-refractivity contribution is -0.138. The van der Waals surface area contributed by atoms with Gasteiger partial charge in [-0.3, -0.25) is 19.2 Å². The van der Waals surface area contributed by atoms with Crippen molar-refractivity contribution in [1.82, 2.24) is 50.5 Å². The van der Waals surface area contributed by atoms with Crippen molar-refractivity contribution in [2.45, 2.75) is 121 Å². The summed E-state index contributed by atoms with van der Waals surface area (Å²) in [6.45, 7) is 13.7. The van der Waals surface area contributed by atoms with Gasteiger partial charge in [0.2, 0.25) is 23.1 Å². The van der Waals surface area contributed by atoms with Crippen LogP contribution in [0.15, 0.2) is 213 Å². The first-order valence-corrected chi connectivity index (χ1v) is 41.1. The quantitative estimate of drug-likeness (QED) is 0.0210. The third kappa shape index (κ3) is 24.8. The van der Waals surface area contributed by atoms with Gasteiger partial charge in [-0.1, -0.05) is 119 Å². The standard InChI is InChI=1S/2C25H26F3N5O.C22H22F3N5O.C20H24F3N5O.14H2/c2*1-15(2)19-13-33(14-20(31-19)16-7-4-3-5-8-16)21-11-10-18(25(26,27)28)22(32-21)23(34)17-9-6-12-30-24(17)29;1-21(27,12-14-6-3-2-4-7-14)13-29-17-10-9-16(22(23,24)25)18(30-17)19(31)15-8-5-11-28-20(15)26;21-20(22,23)15-7-8-16(27-11-13-5-3-12(10-24)4-6-13)28-17(15)18(29)14-2-1-9-26-19(14)25;;;;;;;;;;;;;;/h2*3-12,15,19-20,31H,13-14H2,1-2H3,(H2,29,30);2-11H,12-13,27H2,1H3,(H2,26,28)(H,29,30);1-2,7-9,12-13H,3-6,10-11,24H2,(H2,25,26)(H,27,28);14*1H/t19-,20+;19-,20-;;;;;;;;;;;;;;;;/m11................/s1. The summed E-state index contributed by atoms with van der Waals surface area (Å²) < 4.78 is 164. The summed E-state index contributed by atoms with van der Waals surface area (Å²) in [5, 5.41) is 13.3. The summed E-state index contributed by atoms with van der Waals surface area (Å²) in [5.41, 5.74) is 29.7. The van der Waals surface area contributed by atoms with E-state index in [9.17, 15) is 71.9 Å². The van der Waals surface area contributed by atoms with E-state index in [-0.39, 0.29) is 120 Å². The zero-order valence-electron chi connectivity index (χ0n) is 70.4. The number of carbonyl (C=O) groups excluding carboxylic acids is 4. The number of alkyl halides is 12. The maximum absolute atomic E-state index is 13.8. The largest absolute Gasteiger partial charge is 0.418 e. The molecule has 8 aromatic heterocycles. The van der Waals surface area contributed by atoms with E-state index >= 15 is 0 Å². The molecule has 5 atom stereocenters. The van der Waals surface area contributed by atoms with Gasteiger partial charge < -0.3 is 65.5 Å². The number of anilines is 8. The molecule has 11 aromatic rings. The van der Waals surface area contributed by atoms with Crippen LogP contribution in [0.2, 0.25) is 0 Å². The lowest BCUT2D eigenvalue weighted by Crippen LogP contribution is -2.54. The average Bonchev–Trinajstić information content (AvgIpc) is 0.777. The van der Waals surface area contributed by atoms with Crippen LogP contribution in [0, 0.1) is 23.7 Å². The van der Waals surface area contributed by atoms with Crippen molar-refractivity contribution in [1.29, 1.82) is 0 Å². The first-order valence-electron chi connectivity index (χ1n) is 41.1. The van der Waals surface area contributed by atoms with Crippen molar-refractivity contribution in [3.05, 3.63) is 297 Å². The van der Waals surface area contributed by atoms with Crippen LogP contribution < -0.4 is 65.5 Å². The van der Waals surface area contributed by atoms with Crippen molar-refractivity contribution in [2.75, 3.05) is 89.2 Å². The Labute approximate surface area is 751 Å². The Bertz CT molecular complexity index is 5510. The number of nitrogen functional groups attached to an aromatic ring is 4. The first kappa shape index (κ1) is 95.6. The van der Waals surface area contributed by atoms with Gasteiger partial charge in [0.25, 0.3) is 0 Å². The fourth-order valence-corrected chi connectivity index (χ4v) is 15.0. The number of piperazine rings is 2. The SMILES string of the molecule is CC(C)[C@H]1CN(c2ccc(C(F)(F)F)c(C(=O)c3cccnc3N)n2)C[C@@H](c2ccccc2)N1.CC(C)[C@H]1CN(c2ccc(C(F)(F)F)c(C(=O)c3cccnc3N)n2)C[C@H](c2ccccc2)N1.CC(N)(CNc1ccc(C(F)(F)F)c(C(=O)c2cccnc2N)n1)Cc1ccccc1.NCC1CCC(CNc2ccc(C(F)(F)F)c(C(=O)c3cccnc3N)n2)CC1.[HH].[HH].[HH].[HH].[HH].[HH].[HH].[HH].[HH].[HH].[HH].[HH].[HH].[HH]. The molecule has 10 heterocycles. The van der Waals surface area contributed by atoms with Crippen LogP contribution in [0.3, 0.4) is 0 Å². The molecule has 1 aliphatic carbocycles. The number of rotatable bonds is 23. The van der Waals surface area contributed by atoms with E-state index < -0.39 is 98.4 Å². The molecule has 3 aliphatic rings. The number of hydrogen-bond acceptors (Lipinski definition) is 24. The summed E-state index contributed by atoms with van der Waals surface area (Å²) in [7, 11) is 0. The highest BCUT2D eigenvalue weighted by molar-refractivity contribution is 6.13. The van der Waals surface area contributed by atoms with Gasteiger partial charge in [0.15, 0.2) is 0 Å². The van der Waals surface area contributed by atoms with Gasteiger partial charge in [0.1, 0.15) is 69.3 Å². The number of carbonyl (C=O) groups is 4. The number of ketones is 4. The molecule has 0 radical (unpaired) electrons. The number of nitrogens with zero attached hydrogens (tertiary/aromatic N) is 10. The molecule has 36 heteroatoms. The number of nitrogens with one attached hydrogen (secondary N) is 4. The molecule has 1 unspecified atom stereocenters. The van der Waals surface area contributed by atoms with E-state index in [1.165, 1.54) is 97.6 Å². The molecule has 24 nitrogen and oxygen atoms in total. The molecule has 0 spiro atoms. The Balaban J connectivity index is -0.000000867. The average molecular weight is 1800 g/mol. The van der Waals surface area contributed by atoms with Crippen molar-refractivity contribution in [2.24, 2.45) is 35.1 Å². The molecule has 3 aromatic carbocycles. The predicted octanol–water partition coefficient (Wildman–Crippen LogP) is 19.6. The van der Waals surface area contributed by atoms with Crippen LogP contribution in [0.5, 0.6) is 0 Å². The summed E-state index contributed by atoms with van der Waals surface area (Å²) >= 11 is 0. The predicted molar refractivity (Wildman–Crippen MR) is 495 cm³/mol. The third-order valence-corrected chi connectivity index (χ3v) is 22.1. The van der Waals surface area contributed by atoms with Crippen LogP contribution in [-0.4, -0.2) is 126 Å². The molecule has 3 fully saturated rings. The van der Waals surface area contributed by atoms with Crippen molar-refractivity contribution in [3.63, 3.8) is 0 Å². The van der Waals surface area contributed by atoms with Crippen LogP contribution in [-0.2, 0) is 31.1 Å². The summed E-state index contributed by atoms with van der Waals surface area (Å²) in [6.07, 6.45) is -8.86. The zero-order chi connectivity index (χ0) is 92.6. The topological polar surface area (TPSA) is 382 Å². The number of nitrogens with two attached hydrogens (primary N) is 6. The highest BCUT2D eigenvalue weighted by Crippen LogP contribution is 2.41. The normalized spacial score (nSPS) is 17.7. The fourth-order valence-electron chi connectivity index (χ4n) is 15.0. The molecule has 0 bridgehead atoms. The summed E-state index contributed by atoms with van der Waals surface area (Å²) in [6, 6.07) is 49.1. The number of hydrogen-bond donors (Lipinski definition) is 10. The number of aromatic nitrogens is 8. The second-order valence-electron chi connectivity index (χ2n) is 32.3. The van der Waals surface area contributed by atoms with Crippen LogP contribution in [0.1, 0.15) is 196 Å². The Morgan fingerprint density at radius 3 is 1.05 bits per heavy atom. The molecule has 2 aliphatic heterocycles. The lowest BCUT2D eigenvalue weighted by atomic mass is 9.82. The molecule has 0 amide bonds. The lowest BCUT2D eigenvalue weighted by Gasteiger charge is -2.41. The van der Waals surface area contributed by atoms with E-state index in [4.69, 9.17) is 34.4 Å². The van der Waals surface area contributed by atoms with E-state index in [1.54, 1.807) is 0 Å². The molecule has 16 N–H and O–H groups in total. The van der Waals surface area contributed by atoms with E-state index in [0.29, 0.717) is 69.2 Å². The van der Waals surface area contributed by atoms with E-state index in [2.05, 4.69) is 88.8 Å². The Kier molecular flexibility index (Phi) is 31.1. The third-order valence-electron chi connectivity index (χ3n) is 22.1. The van der Waals surface area contributed by atoms with Crippen molar-refractivity contribution < 1.29 is 91.8 Å². The van der Waals surface area contributed by atoms with Gasteiger partial charge in [0, 0.05) is 102 Å². The minimum absolute atomic E-state index is 0. The van der Waals surface area contributed by atoms with E-state index in [0.717, 1.165) is 66.6 Å². The minimum Gasteiger partial charge on any atom is -0.383 e. The van der Waals surface area contributed by atoms with Gasteiger partial charge in [-0.2, -0.15) is 52.7 Å². The zero-order valence-corrected chi connectivity index (χ0v) is 70.4. The highest BCUT2D eigenvalue weighted by atomic mass is 19.4. The van der Waals surface area contributed by atoms with Gasteiger partial charge in [-0.25, -0.2) is 39.9 Å². The van der Waals surface area contributed by atoms with Crippen LogP contribution >= 0.6 is 0 Å². The fraction of sp³-hybridized carbons (Fsp3) is 0.326. The molecule has 128 heavy (non-hydrogen) atoms. The molecule has 702 valence electrons. The molecule has 2 saturated heterocycles. The Morgan fingerprint density at radius 2 is 0.727 bits per heavy atom. The van der Waals surface area contributed by atoms with Gasteiger partial charge >= 0.3 is 24.7 Å². The van der Waals surface area contributed by atoms with Crippen LogP contribution in [0.4, 0.5) is 99.2 Å². The maximum atomic E-state index is 13.8. The number of halogens is 12. The minimum atomic E-state index is -4.76. The van der Waals surface area contributed by atoms with Crippen LogP contribution in [0.25, 0.3) is 0 Å². The summed E-state index contributed by atoms with van der Waals surface area (Å²) in [4.78, 5) is 87.3.